The molecule has 2 N–H and O–H groups in total. The number of nitrogens with one attached hydrogen (secondary N) is 2. The third-order valence-electron chi connectivity index (χ3n) is 4.06. The molecular formula is C19H16Cl2F2N4O. The standard InChI is InChI=1S/C19H16Cl2F2N4O/c1-27-10-13(19(28)25-9-12-15(21)5-3-7-17(12)23)18(26-27)24-8-11-14(20)4-2-6-16(11)22/h2-7,10H,8-9H2,1H3,(H,24,26)(H,25,28). The van der Waals surface area contributed by atoms with E-state index in [0.29, 0.717) is 0 Å². The van der Waals surface area contributed by atoms with E-state index in [1.807, 2.05) is 0 Å². The molecule has 5 nitrogen and oxygen atoms in total. The van der Waals surface area contributed by atoms with Crippen LogP contribution in [0.1, 0.15) is 21.5 Å². The summed E-state index contributed by atoms with van der Waals surface area (Å²) in [5, 5.41) is 10.2. The average molecular weight is 425 g/mol. The molecule has 0 aliphatic carbocycles. The fourth-order valence-electron chi connectivity index (χ4n) is 2.62. The molecule has 0 aliphatic heterocycles. The van der Waals surface area contributed by atoms with Gasteiger partial charge in [0.05, 0.1) is 0 Å². The number of halogens is 4. The Bertz CT molecular complexity index is 983. The van der Waals surface area contributed by atoms with E-state index in [9.17, 15) is 13.6 Å². The third kappa shape index (κ3) is 4.43. The highest BCUT2D eigenvalue weighted by Crippen LogP contribution is 2.22. The summed E-state index contributed by atoms with van der Waals surface area (Å²) in [5.74, 6) is -1.20. The molecular weight excluding hydrogens is 409 g/mol. The molecule has 3 aromatic rings. The fraction of sp³-hybridized carbons (Fsp3) is 0.158. The minimum Gasteiger partial charge on any atom is -0.364 e. The van der Waals surface area contributed by atoms with E-state index in [0.717, 1.165) is 0 Å². The van der Waals surface area contributed by atoms with Crippen LogP contribution in [0.5, 0.6) is 0 Å². The van der Waals surface area contributed by atoms with E-state index in [-0.39, 0.29) is 45.6 Å². The third-order valence-corrected chi connectivity index (χ3v) is 4.76. The van der Waals surface area contributed by atoms with Gasteiger partial charge in [0, 0.05) is 47.5 Å². The molecule has 1 aromatic heterocycles. The van der Waals surface area contributed by atoms with Gasteiger partial charge in [-0.1, -0.05) is 35.3 Å². The van der Waals surface area contributed by atoms with Crippen LogP contribution in [0.25, 0.3) is 0 Å². The second-order valence-corrected chi connectivity index (χ2v) is 6.82. The maximum absolute atomic E-state index is 13.9. The van der Waals surface area contributed by atoms with Gasteiger partial charge in [-0.15, -0.1) is 0 Å². The zero-order valence-electron chi connectivity index (χ0n) is 14.8. The van der Waals surface area contributed by atoms with Gasteiger partial charge < -0.3 is 10.6 Å². The first-order valence-electron chi connectivity index (χ1n) is 8.28. The highest BCUT2D eigenvalue weighted by Gasteiger charge is 2.18. The van der Waals surface area contributed by atoms with Crippen LogP contribution in [-0.4, -0.2) is 15.7 Å². The molecule has 0 atom stereocenters. The van der Waals surface area contributed by atoms with Crippen LogP contribution in [0.2, 0.25) is 10.0 Å². The summed E-state index contributed by atoms with van der Waals surface area (Å²) in [6, 6.07) is 8.68. The highest BCUT2D eigenvalue weighted by molar-refractivity contribution is 6.31. The first-order valence-corrected chi connectivity index (χ1v) is 9.04. The number of aryl methyl sites for hydroxylation is 1. The molecule has 0 fully saturated rings. The zero-order chi connectivity index (χ0) is 20.3. The average Bonchev–Trinajstić information content (AvgIpc) is 3.01. The van der Waals surface area contributed by atoms with Crippen molar-refractivity contribution in [2.45, 2.75) is 13.1 Å². The predicted molar refractivity (Wildman–Crippen MR) is 105 cm³/mol. The number of amides is 1. The molecule has 0 bridgehead atoms. The molecule has 9 heteroatoms. The second-order valence-electron chi connectivity index (χ2n) is 6.00. The van der Waals surface area contributed by atoms with Crippen molar-refractivity contribution in [1.29, 1.82) is 0 Å². The Morgan fingerprint density at radius 2 is 1.61 bits per heavy atom. The van der Waals surface area contributed by atoms with Crippen molar-refractivity contribution >= 4 is 34.9 Å². The number of benzene rings is 2. The van der Waals surface area contributed by atoms with E-state index in [4.69, 9.17) is 23.2 Å². The monoisotopic (exact) mass is 424 g/mol. The van der Waals surface area contributed by atoms with Crippen molar-refractivity contribution in [1.82, 2.24) is 15.1 Å². The molecule has 0 spiro atoms. The van der Waals surface area contributed by atoms with Crippen LogP contribution < -0.4 is 10.6 Å². The van der Waals surface area contributed by atoms with E-state index < -0.39 is 17.5 Å². The molecule has 28 heavy (non-hydrogen) atoms. The summed E-state index contributed by atoms with van der Waals surface area (Å²) in [6.45, 7) is -0.0419. The van der Waals surface area contributed by atoms with Gasteiger partial charge in [0.1, 0.15) is 17.2 Å². The smallest absolute Gasteiger partial charge is 0.256 e. The number of anilines is 1. The summed E-state index contributed by atoms with van der Waals surface area (Å²) < 4.78 is 29.2. The SMILES string of the molecule is Cn1cc(C(=O)NCc2c(F)cccc2Cl)c(NCc2c(F)cccc2Cl)n1. The predicted octanol–water partition coefficient (Wildman–Crippen LogP) is 4.55. The number of carbonyl (C=O) groups excluding carboxylic acids is 1. The summed E-state index contributed by atoms with van der Waals surface area (Å²) in [4.78, 5) is 12.5. The van der Waals surface area contributed by atoms with Gasteiger partial charge in [-0.3, -0.25) is 9.48 Å². The molecule has 3 rings (SSSR count). The van der Waals surface area contributed by atoms with Crippen LogP contribution in [-0.2, 0) is 20.1 Å². The lowest BCUT2D eigenvalue weighted by atomic mass is 10.2. The molecule has 0 radical (unpaired) electrons. The molecule has 0 saturated carbocycles. The van der Waals surface area contributed by atoms with Crippen LogP contribution in [0, 0.1) is 11.6 Å². The molecule has 2 aromatic carbocycles. The van der Waals surface area contributed by atoms with E-state index in [1.54, 1.807) is 19.2 Å². The lowest BCUT2D eigenvalue weighted by Crippen LogP contribution is -2.24. The van der Waals surface area contributed by atoms with E-state index in [1.165, 1.54) is 35.1 Å². The maximum atomic E-state index is 13.9. The van der Waals surface area contributed by atoms with Crippen molar-refractivity contribution in [3.8, 4) is 0 Å². The van der Waals surface area contributed by atoms with Gasteiger partial charge in [-0.25, -0.2) is 8.78 Å². The van der Waals surface area contributed by atoms with Crippen LogP contribution in [0.4, 0.5) is 14.6 Å². The normalized spacial score (nSPS) is 10.8. The lowest BCUT2D eigenvalue weighted by molar-refractivity contribution is 0.0951. The Kier molecular flexibility index (Phi) is 6.16. The van der Waals surface area contributed by atoms with E-state index in [2.05, 4.69) is 15.7 Å². The number of rotatable bonds is 6. The molecule has 0 aliphatic rings. The van der Waals surface area contributed by atoms with E-state index >= 15 is 0 Å². The Labute approximate surface area is 170 Å². The highest BCUT2D eigenvalue weighted by atomic mass is 35.5. The summed E-state index contributed by atoms with van der Waals surface area (Å²) in [5.41, 5.74) is 0.677. The summed E-state index contributed by atoms with van der Waals surface area (Å²) in [6.07, 6.45) is 1.50. The van der Waals surface area contributed by atoms with Crippen molar-refractivity contribution in [2.75, 3.05) is 5.32 Å². The molecule has 0 unspecified atom stereocenters. The van der Waals surface area contributed by atoms with Gasteiger partial charge in [-0.2, -0.15) is 5.10 Å². The Balaban J connectivity index is 1.73. The number of hydrogen-bond acceptors (Lipinski definition) is 3. The molecule has 1 heterocycles. The molecule has 146 valence electrons. The van der Waals surface area contributed by atoms with Crippen molar-refractivity contribution < 1.29 is 13.6 Å². The first kappa shape index (κ1) is 20.1. The Morgan fingerprint density at radius 1 is 1.04 bits per heavy atom. The number of hydrogen-bond donors (Lipinski definition) is 2. The van der Waals surface area contributed by atoms with Crippen molar-refractivity contribution in [2.24, 2.45) is 7.05 Å². The number of nitrogens with zero attached hydrogens (tertiary/aromatic N) is 2. The minimum atomic E-state index is -0.508. The zero-order valence-corrected chi connectivity index (χ0v) is 16.3. The van der Waals surface area contributed by atoms with Crippen LogP contribution >= 0.6 is 23.2 Å². The van der Waals surface area contributed by atoms with Gasteiger partial charge in [0.25, 0.3) is 5.91 Å². The van der Waals surface area contributed by atoms with Crippen molar-refractivity contribution in [3.05, 3.63) is 81.0 Å². The lowest BCUT2D eigenvalue weighted by Gasteiger charge is -2.10. The van der Waals surface area contributed by atoms with Crippen LogP contribution in [0.15, 0.2) is 42.6 Å². The largest absolute Gasteiger partial charge is 0.364 e. The van der Waals surface area contributed by atoms with Crippen LogP contribution in [0.3, 0.4) is 0 Å². The van der Waals surface area contributed by atoms with Gasteiger partial charge in [0.2, 0.25) is 0 Å². The topological polar surface area (TPSA) is 59.0 Å². The fourth-order valence-corrected chi connectivity index (χ4v) is 3.08. The van der Waals surface area contributed by atoms with Gasteiger partial charge >= 0.3 is 0 Å². The summed E-state index contributed by atoms with van der Waals surface area (Å²) >= 11 is 12.0. The number of aromatic nitrogens is 2. The number of carbonyl (C=O) groups is 1. The van der Waals surface area contributed by atoms with Gasteiger partial charge in [0.15, 0.2) is 5.82 Å². The first-order chi connectivity index (χ1) is 13.4. The second kappa shape index (κ2) is 8.58. The van der Waals surface area contributed by atoms with Gasteiger partial charge in [-0.05, 0) is 24.3 Å². The Hall–Kier alpha value is -2.64. The molecule has 1 amide bonds. The minimum absolute atomic E-state index is 0.0436. The molecule has 0 saturated heterocycles. The van der Waals surface area contributed by atoms with Crippen molar-refractivity contribution in [3.63, 3.8) is 0 Å². The quantitative estimate of drug-likeness (QED) is 0.610. The summed E-state index contributed by atoms with van der Waals surface area (Å²) in [7, 11) is 1.64. The maximum Gasteiger partial charge on any atom is 0.256 e. The Morgan fingerprint density at radius 3 is 2.18 bits per heavy atom.